The minimum Gasteiger partial charge on any atom is -0.346 e. The topological polar surface area (TPSA) is 114 Å². The van der Waals surface area contributed by atoms with Crippen molar-refractivity contribution < 1.29 is 43.6 Å². The van der Waals surface area contributed by atoms with Crippen LogP contribution in [0.4, 0.5) is 27.6 Å². The zero-order valence-electron chi connectivity index (χ0n) is 23.2. The van der Waals surface area contributed by atoms with Gasteiger partial charge in [0.2, 0.25) is 0 Å². The molecule has 8 nitrogen and oxygen atoms in total. The highest BCUT2D eigenvalue weighted by Gasteiger charge is 2.62. The number of alkyl halides is 3. The first-order valence-electron chi connectivity index (χ1n) is 13.9. The molecule has 2 fully saturated rings. The minimum absolute atomic E-state index is 0.0305. The number of carbonyl (C=O) groups excluding carboxylic acids is 1. The number of nitrogens with zero attached hydrogens (tertiary/aromatic N) is 2. The number of sulfonamides is 1. The van der Waals surface area contributed by atoms with E-state index in [2.05, 4.69) is 10.3 Å². The Morgan fingerprint density at radius 1 is 1.07 bits per heavy atom. The maximum atomic E-state index is 16.7. The lowest BCUT2D eigenvalue weighted by Crippen LogP contribution is -2.52. The Morgan fingerprint density at radius 3 is 2.29 bits per heavy atom. The van der Waals surface area contributed by atoms with Crippen molar-refractivity contribution >= 4 is 43.1 Å². The fraction of sp³-hybridized carbons (Fsp3) is 0.379. The van der Waals surface area contributed by atoms with Gasteiger partial charge < -0.3 is 5.32 Å². The predicted molar refractivity (Wildman–Crippen MR) is 154 cm³/mol. The molecular weight excluding hydrogens is 665 g/mol. The summed E-state index contributed by atoms with van der Waals surface area (Å²) in [6.45, 7) is -0.439. The maximum absolute atomic E-state index is 16.7. The highest BCUT2D eigenvalue weighted by molar-refractivity contribution is 7.93. The number of carbonyl (C=O) groups is 1. The van der Waals surface area contributed by atoms with Crippen molar-refractivity contribution in [3.63, 3.8) is 0 Å². The van der Waals surface area contributed by atoms with Gasteiger partial charge in [-0.3, -0.25) is 14.1 Å². The summed E-state index contributed by atoms with van der Waals surface area (Å²) in [6, 6.07) is 6.38. The second-order valence-electron chi connectivity index (χ2n) is 11.5. The van der Waals surface area contributed by atoms with E-state index in [4.69, 9.17) is 11.6 Å². The molecule has 1 saturated carbocycles. The van der Waals surface area contributed by atoms with Crippen molar-refractivity contribution in [3.8, 4) is 0 Å². The van der Waals surface area contributed by atoms with Gasteiger partial charge in [-0.1, -0.05) is 11.6 Å². The van der Waals surface area contributed by atoms with E-state index >= 15 is 4.39 Å². The van der Waals surface area contributed by atoms with Gasteiger partial charge in [-0.25, -0.2) is 25.6 Å². The van der Waals surface area contributed by atoms with Gasteiger partial charge in [0.15, 0.2) is 0 Å². The van der Waals surface area contributed by atoms with Gasteiger partial charge in [0.25, 0.3) is 15.9 Å². The van der Waals surface area contributed by atoms with E-state index in [9.17, 15) is 39.2 Å². The van der Waals surface area contributed by atoms with E-state index in [0.717, 1.165) is 34.6 Å². The van der Waals surface area contributed by atoms with Gasteiger partial charge in [-0.2, -0.15) is 13.2 Å². The van der Waals surface area contributed by atoms with Gasteiger partial charge in [-0.05, 0) is 74.1 Å². The number of halogens is 6. The largest absolute Gasteiger partial charge is 0.417 e. The average Bonchev–Trinajstić information content (AvgIpc) is 3.76. The van der Waals surface area contributed by atoms with Crippen LogP contribution in [0.1, 0.15) is 52.9 Å². The quantitative estimate of drug-likeness (QED) is 0.347. The van der Waals surface area contributed by atoms with Crippen molar-refractivity contribution in [1.29, 1.82) is 0 Å². The third-order valence-corrected chi connectivity index (χ3v) is 12.5. The Hall–Kier alpha value is -3.30. The fourth-order valence-corrected chi connectivity index (χ4v) is 10.0. The predicted octanol–water partition coefficient (Wildman–Crippen LogP) is 5.40. The van der Waals surface area contributed by atoms with Crippen LogP contribution in [-0.2, 0) is 38.0 Å². The first-order valence-corrected chi connectivity index (χ1v) is 17.5. The number of anilines is 1. The number of hydrogen-bond donors (Lipinski definition) is 1. The van der Waals surface area contributed by atoms with E-state index in [1.165, 1.54) is 6.07 Å². The minimum atomic E-state index is -4.68. The van der Waals surface area contributed by atoms with Gasteiger partial charge >= 0.3 is 6.18 Å². The number of nitrogens with one attached hydrogen (secondary N) is 1. The molecule has 3 aliphatic rings. The third kappa shape index (κ3) is 5.56. The second kappa shape index (κ2) is 10.9. The van der Waals surface area contributed by atoms with E-state index < -0.39 is 72.7 Å². The molecule has 6 rings (SSSR count). The van der Waals surface area contributed by atoms with Crippen molar-refractivity contribution in [1.82, 2.24) is 10.3 Å². The standard InChI is InChI=1S/C29H25ClF5N3O5S2/c30-21-13-17(29(33,34)35)14-36-22(21)15-37-27(39)20-7-8-23-24(25(20)32)28(9-11-44(40,41)12-10-28)26(16-1-2-16)38(23)45(42,43)19-5-3-18(31)4-6-19/h3-8,13-14,16,26H,1-2,9-12,15H2,(H,37,39). The van der Waals surface area contributed by atoms with Crippen molar-refractivity contribution in [3.05, 3.63) is 87.7 Å². The lowest BCUT2D eigenvalue weighted by atomic mass is 9.70. The maximum Gasteiger partial charge on any atom is 0.417 e. The summed E-state index contributed by atoms with van der Waals surface area (Å²) in [4.78, 5) is 16.7. The van der Waals surface area contributed by atoms with Crippen molar-refractivity contribution in [2.75, 3.05) is 15.8 Å². The Kier molecular flexibility index (Phi) is 7.67. The number of fused-ring (bicyclic) bond motifs is 2. The first kappa shape index (κ1) is 31.7. The molecule has 0 bridgehead atoms. The highest BCUT2D eigenvalue weighted by atomic mass is 35.5. The lowest BCUT2D eigenvalue weighted by Gasteiger charge is -2.41. The summed E-state index contributed by atoms with van der Waals surface area (Å²) in [5.74, 6) is -3.48. The molecule has 1 N–H and O–H groups in total. The lowest BCUT2D eigenvalue weighted by molar-refractivity contribution is -0.137. The molecule has 1 unspecified atom stereocenters. The van der Waals surface area contributed by atoms with Crippen LogP contribution in [0.15, 0.2) is 53.6 Å². The van der Waals surface area contributed by atoms with Crippen LogP contribution in [0, 0.1) is 17.6 Å². The van der Waals surface area contributed by atoms with Gasteiger partial charge in [-0.15, -0.1) is 0 Å². The summed E-state index contributed by atoms with van der Waals surface area (Å²) < 4.78 is 124. The number of aromatic nitrogens is 1. The summed E-state index contributed by atoms with van der Waals surface area (Å²) in [7, 11) is -7.88. The van der Waals surface area contributed by atoms with E-state index in [0.29, 0.717) is 25.1 Å². The molecule has 1 aromatic heterocycles. The number of pyridine rings is 1. The molecule has 1 atom stereocenters. The molecule has 1 amide bonds. The molecule has 45 heavy (non-hydrogen) atoms. The van der Waals surface area contributed by atoms with E-state index in [1.54, 1.807) is 0 Å². The van der Waals surface area contributed by atoms with Crippen LogP contribution in [0.3, 0.4) is 0 Å². The van der Waals surface area contributed by atoms with Crippen LogP contribution in [0.2, 0.25) is 5.02 Å². The normalized spacial score (nSPS) is 20.7. The van der Waals surface area contributed by atoms with E-state index in [-0.39, 0.29) is 57.1 Å². The highest BCUT2D eigenvalue weighted by Crippen LogP contribution is 2.60. The van der Waals surface area contributed by atoms with Crippen LogP contribution in [0.25, 0.3) is 0 Å². The Balaban J connectivity index is 1.41. The zero-order chi connectivity index (χ0) is 32.5. The Morgan fingerprint density at radius 2 is 1.71 bits per heavy atom. The van der Waals surface area contributed by atoms with Gasteiger partial charge in [0, 0.05) is 17.2 Å². The molecule has 3 heterocycles. The fourth-order valence-electron chi connectivity index (χ4n) is 6.43. The first-order chi connectivity index (χ1) is 21.0. The summed E-state index contributed by atoms with van der Waals surface area (Å²) in [6.07, 6.45) is -3.04. The molecule has 16 heteroatoms. The zero-order valence-corrected chi connectivity index (χ0v) is 25.6. The number of rotatable bonds is 6. The summed E-state index contributed by atoms with van der Waals surface area (Å²) in [5.41, 5.74) is -3.04. The van der Waals surface area contributed by atoms with Crippen LogP contribution in [0.5, 0.6) is 0 Å². The molecular formula is C29H25ClF5N3O5S2. The van der Waals surface area contributed by atoms with E-state index in [1.807, 2.05) is 0 Å². The number of amides is 1. The number of hydrogen-bond acceptors (Lipinski definition) is 6. The Labute approximate surface area is 260 Å². The van der Waals surface area contributed by atoms with Gasteiger partial charge in [0.05, 0.1) is 56.5 Å². The molecule has 0 radical (unpaired) electrons. The molecule has 240 valence electrons. The molecule has 2 aliphatic heterocycles. The van der Waals surface area contributed by atoms with Crippen LogP contribution >= 0.6 is 11.6 Å². The smallest absolute Gasteiger partial charge is 0.346 e. The molecule has 1 saturated heterocycles. The average molecular weight is 690 g/mol. The van der Waals surface area contributed by atoms with Crippen molar-refractivity contribution in [2.45, 2.75) is 54.8 Å². The third-order valence-electron chi connectivity index (χ3n) is 8.74. The molecule has 3 aromatic rings. The number of sulfone groups is 1. The van der Waals surface area contributed by atoms with Crippen molar-refractivity contribution in [2.24, 2.45) is 5.92 Å². The molecule has 1 aliphatic carbocycles. The van der Waals surface area contributed by atoms with Crippen LogP contribution < -0.4 is 9.62 Å². The summed E-state index contributed by atoms with van der Waals surface area (Å²) >= 11 is 5.94. The second-order valence-corrected chi connectivity index (χ2v) is 16.0. The van der Waals surface area contributed by atoms with Gasteiger partial charge in [0.1, 0.15) is 21.5 Å². The number of benzene rings is 2. The Bertz CT molecular complexity index is 1900. The molecule has 1 spiro atoms. The SMILES string of the molecule is O=C(NCc1ncc(C(F)(F)F)cc1Cl)c1ccc2c(c1F)C1(CCS(=O)(=O)CC1)C(C1CC1)N2S(=O)(=O)c1ccc(F)cc1. The monoisotopic (exact) mass is 689 g/mol. The summed E-state index contributed by atoms with van der Waals surface area (Å²) in [5, 5.41) is 2.03. The molecule has 2 aromatic carbocycles. The van der Waals surface area contributed by atoms with Crippen LogP contribution in [-0.4, -0.2) is 45.3 Å².